The molecule has 0 saturated carbocycles. The molecule has 0 aliphatic carbocycles. The van der Waals surface area contributed by atoms with Gasteiger partial charge in [-0.2, -0.15) is 0 Å². The Morgan fingerprint density at radius 2 is 1.90 bits per heavy atom. The van der Waals surface area contributed by atoms with Crippen molar-refractivity contribution < 1.29 is 14.3 Å². The number of aliphatic imine (C=N–C) groups is 1. The van der Waals surface area contributed by atoms with Crippen molar-refractivity contribution in [3.63, 3.8) is 0 Å². The van der Waals surface area contributed by atoms with Crippen LogP contribution < -0.4 is 20.7 Å². The first-order valence-electron chi connectivity index (χ1n) is 9.78. The van der Waals surface area contributed by atoms with Gasteiger partial charge in [0.2, 0.25) is 5.91 Å². The lowest BCUT2D eigenvalue weighted by Gasteiger charge is -2.14. The summed E-state index contributed by atoms with van der Waals surface area (Å²) in [5.41, 5.74) is 2.41. The van der Waals surface area contributed by atoms with E-state index in [9.17, 15) is 4.79 Å². The Kier molecular flexibility index (Phi) is 13.0. The molecule has 1 amide bonds. The molecule has 0 fully saturated rings. The highest BCUT2D eigenvalue weighted by Crippen LogP contribution is 2.23. The lowest BCUT2D eigenvalue weighted by molar-refractivity contribution is -0.116. The van der Waals surface area contributed by atoms with Crippen LogP contribution in [0, 0.1) is 6.92 Å². The molecule has 170 valence electrons. The van der Waals surface area contributed by atoms with Crippen molar-refractivity contribution >= 4 is 58.8 Å². The number of halogens is 2. The zero-order chi connectivity index (χ0) is 21.8. The molecule has 0 spiro atoms. The van der Waals surface area contributed by atoms with E-state index in [1.54, 1.807) is 20.2 Å². The third kappa shape index (κ3) is 9.75. The smallest absolute Gasteiger partial charge is 0.226 e. The molecule has 0 heterocycles. The molecule has 2 aromatic rings. The Morgan fingerprint density at radius 1 is 1.13 bits per heavy atom. The number of ether oxygens (including phenoxy) is 2. The second kappa shape index (κ2) is 14.9. The molecule has 0 radical (unpaired) electrons. The number of guanidine groups is 1. The molecule has 0 aliphatic heterocycles. The second-order valence-electron chi connectivity index (χ2n) is 6.56. The summed E-state index contributed by atoms with van der Waals surface area (Å²) in [7, 11) is 3.35. The highest BCUT2D eigenvalue weighted by molar-refractivity contribution is 14.0. The van der Waals surface area contributed by atoms with E-state index in [1.165, 1.54) is 0 Å². The van der Waals surface area contributed by atoms with Crippen molar-refractivity contribution in [1.82, 2.24) is 5.32 Å². The summed E-state index contributed by atoms with van der Waals surface area (Å²) in [6, 6.07) is 13.1. The van der Waals surface area contributed by atoms with Crippen LogP contribution in [0.25, 0.3) is 0 Å². The average Bonchev–Trinajstić information content (AvgIpc) is 2.74. The van der Waals surface area contributed by atoms with Gasteiger partial charge in [-0.15, -0.1) is 24.0 Å². The molecule has 0 aromatic heterocycles. The summed E-state index contributed by atoms with van der Waals surface area (Å²) in [5, 5.41) is 9.84. The predicted octanol–water partition coefficient (Wildman–Crippen LogP) is 4.70. The number of benzene rings is 2. The Morgan fingerprint density at radius 3 is 2.65 bits per heavy atom. The quantitative estimate of drug-likeness (QED) is 0.170. The molecular weight excluding hydrogens is 531 g/mol. The van der Waals surface area contributed by atoms with E-state index in [-0.39, 0.29) is 36.3 Å². The van der Waals surface area contributed by atoms with Crippen LogP contribution in [0.5, 0.6) is 5.75 Å². The standard InChI is InChI=1S/C22H29ClN4O3.HI/c1-16-19(23)9-5-10-20(16)27-21(28)11-12-25-22(24-2)26-17-7-4-8-18(15-17)30-14-6-13-29-3;/h4-5,7-10,15H,6,11-14H2,1-3H3,(H,27,28)(H2,24,25,26);1H. The first-order chi connectivity index (χ1) is 14.5. The Labute approximate surface area is 206 Å². The van der Waals surface area contributed by atoms with E-state index in [1.807, 2.05) is 43.3 Å². The number of amides is 1. The number of hydrogen-bond acceptors (Lipinski definition) is 4. The first kappa shape index (κ1) is 27.0. The van der Waals surface area contributed by atoms with Gasteiger partial charge in [-0.05, 0) is 36.8 Å². The van der Waals surface area contributed by atoms with Gasteiger partial charge in [-0.3, -0.25) is 9.79 Å². The number of carbonyl (C=O) groups excluding carboxylic acids is 1. The lowest BCUT2D eigenvalue weighted by Crippen LogP contribution is -2.33. The Hall–Kier alpha value is -2.04. The van der Waals surface area contributed by atoms with Crippen LogP contribution in [0.4, 0.5) is 11.4 Å². The first-order valence-corrected chi connectivity index (χ1v) is 10.2. The fourth-order valence-electron chi connectivity index (χ4n) is 2.62. The maximum Gasteiger partial charge on any atom is 0.226 e. The van der Waals surface area contributed by atoms with Crippen LogP contribution in [-0.2, 0) is 9.53 Å². The molecule has 2 aromatic carbocycles. The summed E-state index contributed by atoms with van der Waals surface area (Å²) in [4.78, 5) is 16.4. The van der Waals surface area contributed by atoms with Crippen molar-refractivity contribution in [3.8, 4) is 5.75 Å². The minimum absolute atomic E-state index is 0. The van der Waals surface area contributed by atoms with Gasteiger partial charge in [-0.1, -0.05) is 23.7 Å². The van der Waals surface area contributed by atoms with Gasteiger partial charge >= 0.3 is 0 Å². The monoisotopic (exact) mass is 560 g/mol. The molecule has 0 bridgehead atoms. The molecule has 0 saturated heterocycles. The molecule has 0 aliphatic rings. The van der Waals surface area contributed by atoms with Crippen LogP contribution in [0.3, 0.4) is 0 Å². The number of carbonyl (C=O) groups is 1. The molecule has 0 atom stereocenters. The van der Waals surface area contributed by atoms with Crippen LogP contribution in [0.15, 0.2) is 47.5 Å². The third-order valence-corrected chi connectivity index (χ3v) is 4.68. The van der Waals surface area contributed by atoms with E-state index in [0.29, 0.717) is 30.7 Å². The van der Waals surface area contributed by atoms with Crippen LogP contribution in [-0.4, -0.2) is 45.8 Å². The van der Waals surface area contributed by atoms with Gasteiger partial charge < -0.3 is 25.4 Å². The van der Waals surface area contributed by atoms with E-state index in [0.717, 1.165) is 29.1 Å². The molecule has 0 unspecified atom stereocenters. The van der Waals surface area contributed by atoms with Gasteiger partial charge in [0.1, 0.15) is 5.75 Å². The van der Waals surface area contributed by atoms with E-state index < -0.39 is 0 Å². The summed E-state index contributed by atoms with van der Waals surface area (Å²) < 4.78 is 10.7. The summed E-state index contributed by atoms with van der Waals surface area (Å²) in [6.07, 6.45) is 1.11. The van der Waals surface area contributed by atoms with Crippen LogP contribution in [0.2, 0.25) is 5.02 Å². The zero-order valence-corrected chi connectivity index (χ0v) is 21.1. The Balaban J connectivity index is 0.00000480. The Bertz CT molecular complexity index is 864. The van der Waals surface area contributed by atoms with E-state index >= 15 is 0 Å². The van der Waals surface area contributed by atoms with Gasteiger partial charge in [0.25, 0.3) is 0 Å². The molecule has 9 heteroatoms. The molecular formula is C22H30ClIN4O3. The van der Waals surface area contributed by atoms with Crippen molar-refractivity contribution in [2.75, 3.05) is 44.5 Å². The maximum absolute atomic E-state index is 12.2. The second-order valence-corrected chi connectivity index (χ2v) is 6.96. The van der Waals surface area contributed by atoms with Gasteiger partial charge in [-0.25, -0.2) is 0 Å². The summed E-state index contributed by atoms with van der Waals surface area (Å²) in [6.45, 7) is 3.56. The zero-order valence-electron chi connectivity index (χ0n) is 18.0. The molecule has 3 N–H and O–H groups in total. The fraction of sp³-hybridized carbons (Fsp3) is 0.364. The van der Waals surface area contributed by atoms with Crippen molar-refractivity contribution in [2.45, 2.75) is 19.8 Å². The summed E-state index contributed by atoms with van der Waals surface area (Å²) in [5.74, 6) is 1.23. The van der Waals surface area contributed by atoms with Gasteiger partial charge in [0.15, 0.2) is 5.96 Å². The normalized spacial score (nSPS) is 10.8. The predicted molar refractivity (Wildman–Crippen MR) is 138 cm³/mol. The lowest BCUT2D eigenvalue weighted by atomic mass is 10.2. The van der Waals surface area contributed by atoms with Gasteiger partial charge in [0.05, 0.1) is 6.61 Å². The summed E-state index contributed by atoms with van der Waals surface area (Å²) >= 11 is 6.09. The highest BCUT2D eigenvalue weighted by atomic mass is 127. The molecule has 2 rings (SSSR count). The van der Waals surface area contributed by atoms with Crippen molar-refractivity contribution in [2.24, 2.45) is 4.99 Å². The number of nitrogens with zero attached hydrogens (tertiary/aromatic N) is 1. The SMILES string of the molecule is CN=C(NCCC(=O)Nc1cccc(Cl)c1C)Nc1cccc(OCCCOC)c1.I. The largest absolute Gasteiger partial charge is 0.493 e. The van der Waals surface area contributed by atoms with E-state index in [2.05, 4.69) is 20.9 Å². The average molecular weight is 561 g/mol. The van der Waals surface area contributed by atoms with E-state index in [4.69, 9.17) is 21.1 Å². The van der Waals surface area contributed by atoms with Crippen molar-refractivity contribution in [1.29, 1.82) is 0 Å². The minimum atomic E-state index is -0.102. The number of rotatable bonds is 10. The number of hydrogen-bond donors (Lipinski definition) is 3. The van der Waals surface area contributed by atoms with Crippen LogP contribution in [0.1, 0.15) is 18.4 Å². The molecule has 7 nitrogen and oxygen atoms in total. The van der Waals surface area contributed by atoms with Gasteiger partial charge in [0, 0.05) is 62.6 Å². The number of nitrogens with one attached hydrogen (secondary N) is 3. The topological polar surface area (TPSA) is 84.0 Å². The maximum atomic E-state index is 12.2. The number of anilines is 2. The highest BCUT2D eigenvalue weighted by Gasteiger charge is 2.07. The third-order valence-electron chi connectivity index (χ3n) is 4.27. The molecule has 31 heavy (non-hydrogen) atoms. The fourth-order valence-corrected chi connectivity index (χ4v) is 2.80. The van der Waals surface area contributed by atoms with Crippen LogP contribution >= 0.6 is 35.6 Å². The number of methoxy groups -OCH3 is 1. The van der Waals surface area contributed by atoms with Crippen molar-refractivity contribution in [3.05, 3.63) is 53.1 Å². The minimum Gasteiger partial charge on any atom is -0.493 e.